The summed E-state index contributed by atoms with van der Waals surface area (Å²) >= 11 is 0. The molecule has 26 heavy (non-hydrogen) atoms. The first-order valence-electron chi connectivity index (χ1n) is 9.09. The standard InChI is InChI=1S/C21H26N4O/c1-6-25-16(5)17(15(4)24-25)9-10-22-21(26)19-12-14(3)23-20-8-7-13(2)11-18(19)20/h7-8,11-12H,6,9-10H2,1-5H3,(H,22,26). The molecule has 1 N–H and O–H groups in total. The molecular weight excluding hydrogens is 324 g/mol. The molecule has 0 saturated carbocycles. The zero-order valence-electron chi connectivity index (χ0n) is 16.2. The first-order chi connectivity index (χ1) is 12.4. The van der Waals surface area contributed by atoms with E-state index in [-0.39, 0.29) is 5.91 Å². The fraction of sp³-hybridized carbons (Fsp3) is 0.381. The van der Waals surface area contributed by atoms with Gasteiger partial charge in [-0.25, -0.2) is 0 Å². The topological polar surface area (TPSA) is 59.8 Å². The number of nitrogens with one attached hydrogen (secondary N) is 1. The van der Waals surface area contributed by atoms with Crippen molar-refractivity contribution in [2.45, 2.75) is 47.6 Å². The summed E-state index contributed by atoms with van der Waals surface area (Å²) in [6, 6.07) is 7.88. The Bertz CT molecular complexity index is 972. The quantitative estimate of drug-likeness (QED) is 0.764. The Kier molecular flexibility index (Phi) is 5.07. The summed E-state index contributed by atoms with van der Waals surface area (Å²) in [4.78, 5) is 17.3. The van der Waals surface area contributed by atoms with Crippen molar-refractivity contribution in [3.63, 3.8) is 0 Å². The maximum Gasteiger partial charge on any atom is 0.252 e. The molecule has 0 aliphatic heterocycles. The van der Waals surface area contributed by atoms with Crippen molar-refractivity contribution >= 4 is 16.8 Å². The Morgan fingerprint density at radius 3 is 2.62 bits per heavy atom. The minimum atomic E-state index is -0.0516. The number of amides is 1. The molecule has 1 amide bonds. The first kappa shape index (κ1) is 18.1. The van der Waals surface area contributed by atoms with Gasteiger partial charge in [-0.15, -0.1) is 0 Å². The van der Waals surface area contributed by atoms with E-state index in [2.05, 4.69) is 29.2 Å². The third kappa shape index (κ3) is 3.47. The SMILES string of the molecule is CCn1nc(C)c(CCNC(=O)c2cc(C)nc3ccc(C)cc23)c1C. The van der Waals surface area contributed by atoms with Crippen LogP contribution >= 0.6 is 0 Å². The molecule has 3 rings (SSSR count). The molecule has 0 radical (unpaired) electrons. The highest BCUT2D eigenvalue weighted by Crippen LogP contribution is 2.20. The van der Waals surface area contributed by atoms with Crippen molar-refractivity contribution in [2.24, 2.45) is 0 Å². The predicted octanol–water partition coefficient (Wildman–Crippen LogP) is 3.66. The molecule has 0 aliphatic carbocycles. The van der Waals surface area contributed by atoms with Crippen LogP contribution in [0.5, 0.6) is 0 Å². The number of aryl methyl sites for hydroxylation is 4. The van der Waals surface area contributed by atoms with Gasteiger partial charge >= 0.3 is 0 Å². The van der Waals surface area contributed by atoms with Crippen molar-refractivity contribution in [1.29, 1.82) is 0 Å². The molecule has 5 nitrogen and oxygen atoms in total. The van der Waals surface area contributed by atoms with E-state index in [1.54, 1.807) is 0 Å². The van der Waals surface area contributed by atoms with Crippen molar-refractivity contribution in [3.05, 3.63) is 58.0 Å². The fourth-order valence-corrected chi connectivity index (χ4v) is 3.46. The van der Waals surface area contributed by atoms with Gasteiger partial charge < -0.3 is 5.32 Å². The van der Waals surface area contributed by atoms with E-state index >= 15 is 0 Å². The van der Waals surface area contributed by atoms with E-state index in [1.807, 2.05) is 49.7 Å². The number of nitrogens with zero attached hydrogens (tertiary/aromatic N) is 3. The van der Waals surface area contributed by atoms with Gasteiger partial charge in [0, 0.05) is 29.9 Å². The number of hydrogen-bond donors (Lipinski definition) is 1. The summed E-state index contributed by atoms with van der Waals surface area (Å²) in [6.07, 6.45) is 0.782. The number of pyridine rings is 1. The molecule has 1 aromatic carbocycles. The van der Waals surface area contributed by atoms with E-state index in [0.29, 0.717) is 12.1 Å². The van der Waals surface area contributed by atoms with Crippen LogP contribution in [-0.2, 0) is 13.0 Å². The molecule has 0 atom stereocenters. The van der Waals surface area contributed by atoms with Gasteiger partial charge in [0.2, 0.25) is 0 Å². The molecule has 0 unspecified atom stereocenters. The van der Waals surface area contributed by atoms with Gasteiger partial charge in [-0.05, 0) is 64.8 Å². The molecule has 2 heterocycles. The van der Waals surface area contributed by atoms with Crippen LogP contribution in [0.25, 0.3) is 10.9 Å². The van der Waals surface area contributed by atoms with Gasteiger partial charge in [-0.3, -0.25) is 14.5 Å². The van der Waals surface area contributed by atoms with Gasteiger partial charge in [0.05, 0.1) is 16.8 Å². The number of aromatic nitrogens is 3. The lowest BCUT2D eigenvalue weighted by Gasteiger charge is -2.10. The second-order valence-corrected chi connectivity index (χ2v) is 6.80. The Labute approximate surface area is 154 Å². The molecule has 0 fully saturated rings. The summed E-state index contributed by atoms with van der Waals surface area (Å²) in [5.41, 5.74) is 6.96. The zero-order chi connectivity index (χ0) is 18.8. The lowest BCUT2D eigenvalue weighted by Crippen LogP contribution is -2.26. The van der Waals surface area contributed by atoms with Crippen LogP contribution in [0.2, 0.25) is 0 Å². The molecule has 0 bridgehead atoms. The lowest BCUT2D eigenvalue weighted by atomic mass is 10.0. The minimum absolute atomic E-state index is 0.0516. The number of carbonyl (C=O) groups is 1. The molecule has 0 aliphatic rings. The smallest absolute Gasteiger partial charge is 0.252 e. The van der Waals surface area contributed by atoms with Crippen molar-refractivity contribution < 1.29 is 4.79 Å². The summed E-state index contributed by atoms with van der Waals surface area (Å²) in [5.74, 6) is -0.0516. The maximum absolute atomic E-state index is 12.8. The molecular formula is C21H26N4O. The van der Waals surface area contributed by atoms with Crippen LogP contribution in [0.4, 0.5) is 0 Å². The Balaban J connectivity index is 1.78. The summed E-state index contributed by atoms with van der Waals surface area (Å²) in [6.45, 7) is 11.6. The number of hydrogen-bond acceptors (Lipinski definition) is 3. The minimum Gasteiger partial charge on any atom is -0.352 e. The Hall–Kier alpha value is -2.69. The van der Waals surface area contributed by atoms with Crippen LogP contribution in [0, 0.1) is 27.7 Å². The second kappa shape index (κ2) is 7.28. The monoisotopic (exact) mass is 350 g/mol. The third-order valence-corrected chi connectivity index (χ3v) is 4.83. The van der Waals surface area contributed by atoms with Crippen LogP contribution in [-0.4, -0.2) is 27.2 Å². The van der Waals surface area contributed by atoms with Crippen molar-refractivity contribution in [3.8, 4) is 0 Å². The Morgan fingerprint density at radius 2 is 1.92 bits per heavy atom. The van der Waals surface area contributed by atoms with E-state index < -0.39 is 0 Å². The molecule has 2 aromatic heterocycles. The summed E-state index contributed by atoms with van der Waals surface area (Å²) < 4.78 is 2.01. The largest absolute Gasteiger partial charge is 0.352 e. The van der Waals surface area contributed by atoms with Crippen LogP contribution in [0.3, 0.4) is 0 Å². The van der Waals surface area contributed by atoms with Gasteiger partial charge in [0.15, 0.2) is 0 Å². The fourth-order valence-electron chi connectivity index (χ4n) is 3.46. The molecule has 136 valence electrons. The maximum atomic E-state index is 12.8. The van der Waals surface area contributed by atoms with Crippen LogP contribution < -0.4 is 5.32 Å². The zero-order valence-corrected chi connectivity index (χ0v) is 16.2. The van der Waals surface area contributed by atoms with Crippen LogP contribution in [0.1, 0.15) is 45.5 Å². The normalized spacial score (nSPS) is 11.1. The number of fused-ring (bicyclic) bond motifs is 1. The number of carbonyl (C=O) groups excluding carboxylic acids is 1. The third-order valence-electron chi connectivity index (χ3n) is 4.83. The molecule has 5 heteroatoms. The van der Waals surface area contributed by atoms with E-state index in [9.17, 15) is 4.79 Å². The lowest BCUT2D eigenvalue weighted by molar-refractivity contribution is 0.0955. The van der Waals surface area contributed by atoms with E-state index in [1.165, 1.54) is 11.3 Å². The number of benzene rings is 1. The summed E-state index contributed by atoms with van der Waals surface area (Å²) in [7, 11) is 0. The van der Waals surface area contributed by atoms with Gasteiger partial charge in [0.1, 0.15) is 0 Å². The van der Waals surface area contributed by atoms with E-state index in [4.69, 9.17) is 0 Å². The van der Waals surface area contributed by atoms with Crippen molar-refractivity contribution in [1.82, 2.24) is 20.1 Å². The van der Waals surface area contributed by atoms with Gasteiger partial charge in [-0.1, -0.05) is 11.6 Å². The molecule has 0 spiro atoms. The highest BCUT2D eigenvalue weighted by molar-refractivity contribution is 6.06. The van der Waals surface area contributed by atoms with Gasteiger partial charge in [-0.2, -0.15) is 5.10 Å². The molecule has 0 saturated heterocycles. The van der Waals surface area contributed by atoms with Crippen LogP contribution in [0.15, 0.2) is 24.3 Å². The summed E-state index contributed by atoms with van der Waals surface area (Å²) in [5, 5.41) is 8.51. The molecule has 3 aromatic rings. The highest BCUT2D eigenvalue weighted by atomic mass is 16.1. The second-order valence-electron chi connectivity index (χ2n) is 6.80. The highest BCUT2D eigenvalue weighted by Gasteiger charge is 2.14. The van der Waals surface area contributed by atoms with E-state index in [0.717, 1.165) is 40.8 Å². The van der Waals surface area contributed by atoms with Crippen molar-refractivity contribution in [2.75, 3.05) is 6.54 Å². The first-order valence-corrected chi connectivity index (χ1v) is 9.09. The Morgan fingerprint density at radius 1 is 1.15 bits per heavy atom. The number of rotatable bonds is 5. The predicted molar refractivity (Wildman–Crippen MR) is 105 cm³/mol. The average Bonchev–Trinajstić information content (AvgIpc) is 2.88. The average molecular weight is 350 g/mol. The van der Waals surface area contributed by atoms with Gasteiger partial charge in [0.25, 0.3) is 5.91 Å².